The SMILES string of the molecule is O=C(O)C1CC12CCN(C(=O)c1ncccc1C(F)(F)F)CC2. The van der Waals surface area contributed by atoms with E-state index in [0.29, 0.717) is 19.3 Å². The van der Waals surface area contributed by atoms with Crippen molar-refractivity contribution in [1.82, 2.24) is 9.88 Å². The fourth-order valence-electron chi connectivity index (χ4n) is 3.36. The van der Waals surface area contributed by atoms with Crippen LogP contribution in [0.5, 0.6) is 0 Å². The third-order valence-corrected chi connectivity index (χ3v) is 4.85. The van der Waals surface area contributed by atoms with Crippen LogP contribution in [0.25, 0.3) is 0 Å². The first-order chi connectivity index (χ1) is 10.7. The number of carboxylic acids is 1. The van der Waals surface area contributed by atoms with Crippen molar-refractivity contribution in [3.63, 3.8) is 0 Å². The van der Waals surface area contributed by atoms with Crippen LogP contribution in [0, 0.1) is 11.3 Å². The molecule has 3 rings (SSSR count). The Balaban J connectivity index is 1.73. The lowest BCUT2D eigenvalue weighted by molar-refractivity contribution is -0.140. The molecule has 1 N–H and O–H groups in total. The quantitative estimate of drug-likeness (QED) is 0.905. The van der Waals surface area contributed by atoms with Crippen molar-refractivity contribution in [2.24, 2.45) is 11.3 Å². The van der Waals surface area contributed by atoms with Gasteiger partial charge in [-0.1, -0.05) is 0 Å². The molecule has 1 aliphatic heterocycles. The number of hydrogen-bond donors (Lipinski definition) is 1. The normalized spacial score (nSPS) is 22.9. The van der Waals surface area contributed by atoms with Crippen molar-refractivity contribution in [1.29, 1.82) is 0 Å². The highest BCUT2D eigenvalue weighted by Crippen LogP contribution is 2.59. The topological polar surface area (TPSA) is 70.5 Å². The molecule has 124 valence electrons. The van der Waals surface area contributed by atoms with Crippen LogP contribution in [-0.4, -0.2) is 40.0 Å². The van der Waals surface area contributed by atoms with Crippen LogP contribution in [0.3, 0.4) is 0 Å². The fourth-order valence-corrected chi connectivity index (χ4v) is 3.36. The maximum Gasteiger partial charge on any atom is 0.418 e. The van der Waals surface area contributed by atoms with Gasteiger partial charge in [0.2, 0.25) is 0 Å². The smallest absolute Gasteiger partial charge is 0.418 e. The molecule has 0 aromatic carbocycles. The largest absolute Gasteiger partial charge is 0.481 e. The van der Waals surface area contributed by atoms with E-state index in [1.807, 2.05) is 0 Å². The standard InChI is InChI=1S/C15H15F3N2O3/c16-15(17,18)9-2-1-5-19-11(9)12(21)20-6-3-14(4-7-20)8-10(14)13(22)23/h1-2,5,10H,3-4,6-8H2,(H,22,23). The van der Waals surface area contributed by atoms with Gasteiger partial charge in [-0.15, -0.1) is 0 Å². The zero-order valence-electron chi connectivity index (χ0n) is 12.1. The number of halogens is 3. The molecule has 2 heterocycles. The first-order valence-electron chi connectivity index (χ1n) is 7.29. The van der Waals surface area contributed by atoms with Gasteiger partial charge in [-0.3, -0.25) is 14.6 Å². The number of pyridine rings is 1. The van der Waals surface area contributed by atoms with Gasteiger partial charge in [-0.2, -0.15) is 13.2 Å². The lowest BCUT2D eigenvalue weighted by Crippen LogP contribution is -2.41. The molecule has 1 unspecified atom stereocenters. The van der Waals surface area contributed by atoms with E-state index in [4.69, 9.17) is 5.11 Å². The summed E-state index contributed by atoms with van der Waals surface area (Å²) >= 11 is 0. The molecule has 1 aliphatic carbocycles. The van der Waals surface area contributed by atoms with Crippen LogP contribution in [0.2, 0.25) is 0 Å². The molecule has 1 saturated carbocycles. The molecule has 23 heavy (non-hydrogen) atoms. The van der Waals surface area contributed by atoms with Crippen molar-refractivity contribution < 1.29 is 27.9 Å². The number of nitrogens with zero attached hydrogens (tertiary/aromatic N) is 2. The lowest BCUT2D eigenvalue weighted by Gasteiger charge is -2.32. The predicted molar refractivity (Wildman–Crippen MR) is 72.6 cm³/mol. The molecule has 8 heteroatoms. The summed E-state index contributed by atoms with van der Waals surface area (Å²) in [6.45, 7) is 0.521. The summed E-state index contributed by atoms with van der Waals surface area (Å²) in [4.78, 5) is 28.3. The van der Waals surface area contributed by atoms with Crippen molar-refractivity contribution in [3.8, 4) is 0 Å². The Bertz CT molecular complexity index is 652. The molecule has 1 amide bonds. The fraction of sp³-hybridized carbons (Fsp3) is 0.533. The molecule has 1 spiro atoms. The van der Waals surface area contributed by atoms with Gasteiger partial charge in [0, 0.05) is 19.3 Å². The minimum atomic E-state index is -4.64. The van der Waals surface area contributed by atoms with Crippen LogP contribution in [0.15, 0.2) is 18.3 Å². The maximum atomic E-state index is 13.0. The Morgan fingerprint density at radius 2 is 1.96 bits per heavy atom. The number of carbonyl (C=O) groups excluding carboxylic acids is 1. The van der Waals surface area contributed by atoms with E-state index in [0.717, 1.165) is 18.3 Å². The summed E-state index contributed by atoms with van der Waals surface area (Å²) in [6, 6.07) is 1.99. The lowest BCUT2D eigenvalue weighted by atomic mass is 9.90. The predicted octanol–water partition coefficient (Wildman–Crippen LogP) is 2.43. The Kier molecular flexibility index (Phi) is 3.57. The Hall–Kier alpha value is -2.12. The highest BCUT2D eigenvalue weighted by atomic mass is 19.4. The molecule has 1 saturated heterocycles. The minimum Gasteiger partial charge on any atom is -0.481 e. The summed E-state index contributed by atoms with van der Waals surface area (Å²) in [6.07, 6.45) is -1.88. The number of hydrogen-bond acceptors (Lipinski definition) is 3. The van der Waals surface area contributed by atoms with Crippen LogP contribution >= 0.6 is 0 Å². The molecule has 0 radical (unpaired) electrons. The number of alkyl halides is 3. The summed E-state index contributed by atoms with van der Waals surface area (Å²) in [5.41, 5.74) is -1.92. The molecular weight excluding hydrogens is 313 g/mol. The number of amides is 1. The Morgan fingerprint density at radius 3 is 2.48 bits per heavy atom. The van der Waals surface area contributed by atoms with Crippen molar-refractivity contribution >= 4 is 11.9 Å². The van der Waals surface area contributed by atoms with E-state index >= 15 is 0 Å². The summed E-state index contributed by atoms with van der Waals surface area (Å²) < 4.78 is 38.9. The number of carboxylic acid groups (broad SMARTS) is 1. The van der Waals surface area contributed by atoms with E-state index in [-0.39, 0.29) is 24.4 Å². The summed E-state index contributed by atoms with van der Waals surface area (Å²) in [5, 5.41) is 9.03. The third kappa shape index (κ3) is 2.77. The molecule has 5 nitrogen and oxygen atoms in total. The van der Waals surface area contributed by atoms with Crippen LogP contribution in [-0.2, 0) is 11.0 Å². The molecule has 2 aliphatic rings. The summed E-state index contributed by atoms with van der Waals surface area (Å²) in [5.74, 6) is -1.98. The number of likely N-dealkylation sites (tertiary alicyclic amines) is 1. The molecule has 0 bridgehead atoms. The first kappa shape index (κ1) is 15.8. The third-order valence-electron chi connectivity index (χ3n) is 4.85. The van der Waals surface area contributed by atoms with Crippen molar-refractivity contribution in [3.05, 3.63) is 29.6 Å². The van der Waals surface area contributed by atoms with E-state index in [2.05, 4.69) is 4.98 Å². The van der Waals surface area contributed by atoms with Crippen molar-refractivity contribution in [2.75, 3.05) is 13.1 Å². The number of piperidine rings is 1. The van der Waals surface area contributed by atoms with E-state index < -0.39 is 29.3 Å². The molecule has 1 aromatic heterocycles. The molecule has 1 aromatic rings. The van der Waals surface area contributed by atoms with Gasteiger partial charge >= 0.3 is 12.1 Å². The van der Waals surface area contributed by atoms with Crippen LogP contribution in [0.4, 0.5) is 13.2 Å². The minimum absolute atomic E-state index is 0.260. The number of rotatable bonds is 2. The highest BCUT2D eigenvalue weighted by molar-refractivity contribution is 5.94. The molecule has 1 atom stereocenters. The van der Waals surface area contributed by atoms with Gasteiger partial charge in [-0.05, 0) is 36.8 Å². The Morgan fingerprint density at radius 1 is 1.30 bits per heavy atom. The summed E-state index contributed by atoms with van der Waals surface area (Å²) in [7, 11) is 0. The average molecular weight is 328 g/mol. The second-order valence-electron chi connectivity index (χ2n) is 6.15. The molecular formula is C15H15F3N2O3. The zero-order valence-corrected chi connectivity index (χ0v) is 12.1. The highest BCUT2D eigenvalue weighted by Gasteiger charge is 2.59. The second kappa shape index (κ2) is 5.21. The van der Waals surface area contributed by atoms with Gasteiger partial charge < -0.3 is 10.0 Å². The van der Waals surface area contributed by atoms with Crippen LogP contribution < -0.4 is 0 Å². The number of carbonyl (C=O) groups is 2. The first-order valence-corrected chi connectivity index (χ1v) is 7.29. The van der Waals surface area contributed by atoms with Gasteiger partial charge in [-0.25, -0.2) is 0 Å². The second-order valence-corrected chi connectivity index (χ2v) is 6.15. The van der Waals surface area contributed by atoms with Gasteiger partial charge in [0.25, 0.3) is 5.91 Å². The average Bonchev–Trinajstić information content (AvgIpc) is 3.20. The number of aromatic nitrogens is 1. The van der Waals surface area contributed by atoms with E-state index in [9.17, 15) is 22.8 Å². The van der Waals surface area contributed by atoms with E-state index in [1.165, 1.54) is 4.90 Å². The maximum absolute atomic E-state index is 13.0. The zero-order chi connectivity index (χ0) is 16.8. The van der Waals surface area contributed by atoms with E-state index in [1.54, 1.807) is 0 Å². The van der Waals surface area contributed by atoms with Crippen LogP contribution in [0.1, 0.15) is 35.3 Å². The van der Waals surface area contributed by atoms with Gasteiger partial charge in [0.05, 0.1) is 11.5 Å². The van der Waals surface area contributed by atoms with Crippen molar-refractivity contribution in [2.45, 2.75) is 25.4 Å². The molecule has 2 fully saturated rings. The van der Waals surface area contributed by atoms with Gasteiger partial charge in [0.1, 0.15) is 5.69 Å². The Labute approximate surface area is 130 Å². The number of aliphatic carboxylic acids is 1. The van der Waals surface area contributed by atoms with Gasteiger partial charge in [0.15, 0.2) is 0 Å². The monoisotopic (exact) mass is 328 g/mol.